The molecule has 1 aliphatic carbocycles. The lowest BCUT2D eigenvalue weighted by molar-refractivity contribution is 0.0932. The number of nitrogens with one attached hydrogen (secondary N) is 2. The maximum Gasteiger partial charge on any atom is 0.256 e. The van der Waals surface area contributed by atoms with E-state index in [0.29, 0.717) is 5.69 Å². The minimum absolute atomic E-state index is 0.0701. The Balaban J connectivity index is 2.13. The molecule has 0 aliphatic heterocycles. The van der Waals surface area contributed by atoms with Crippen LogP contribution >= 0.6 is 0 Å². The minimum atomic E-state index is -0.436. The summed E-state index contributed by atoms with van der Waals surface area (Å²) in [6.45, 7) is 1.74. The lowest BCUT2D eigenvalue weighted by Crippen LogP contribution is -2.43. The molecule has 1 aliphatic rings. The number of aryl methyl sites for hydroxylation is 1. The maximum atomic E-state index is 12.1. The molecule has 2 atom stereocenters. The predicted octanol–water partition coefficient (Wildman–Crippen LogP) is 0.328. The van der Waals surface area contributed by atoms with E-state index < -0.39 is 5.91 Å². The monoisotopic (exact) mass is 278 g/mol. The van der Waals surface area contributed by atoms with Crippen LogP contribution in [0.2, 0.25) is 0 Å². The van der Waals surface area contributed by atoms with Gasteiger partial charge in [-0.05, 0) is 19.8 Å². The second-order valence-electron chi connectivity index (χ2n) is 5.04. The number of H-pyrrole nitrogens is 1. The fourth-order valence-electron chi connectivity index (χ4n) is 2.56. The van der Waals surface area contributed by atoms with Crippen LogP contribution < -0.4 is 16.5 Å². The number of nitrogens with two attached hydrogens (primary N) is 1. The summed E-state index contributed by atoms with van der Waals surface area (Å²) in [6, 6.07) is 1.17. The molecule has 2 rings (SSSR count). The zero-order chi connectivity index (χ0) is 14.7. The van der Waals surface area contributed by atoms with Gasteiger partial charge in [0.05, 0.1) is 0 Å². The Bertz CT molecular complexity index is 594. The van der Waals surface area contributed by atoms with E-state index in [9.17, 15) is 9.59 Å². The van der Waals surface area contributed by atoms with Crippen LogP contribution in [0.3, 0.4) is 0 Å². The molecule has 1 amide bonds. The normalized spacial score (nSPS) is 22.8. The highest BCUT2D eigenvalue weighted by molar-refractivity contribution is 5.94. The molecular weight excluding hydrogens is 260 g/mol. The van der Waals surface area contributed by atoms with Crippen molar-refractivity contribution in [3.63, 3.8) is 0 Å². The molecule has 2 unspecified atom stereocenters. The number of hydrogen-bond donors (Lipinski definition) is 4. The summed E-state index contributed by atoms with van der Waals surface area (Å²) in [5.41, 5.74) is 6.06. The fourth-order valence-corrected chi connectivity index (χ4v) is 2.56. The smallest absolute Gasteiger partial charge is 0.256 e. The summed E-state index contributed by atoms with van der Waals surface area (Å²) in [7, 11) is 0. The molecule has 7 heteroatoms. The molecule has 0 spiro atoms. The molecule has 1 fully saturated rings. The highest BCUT2D eigenvalue weighted by Gasteiger charge is 2.32. The third kappa shape index (κ3) is 2.81. The first-order chi connectivity index (χ1) is 9.52. The van der Waals surface area contributed by atoms with Gasteiger partial charge < -0.3 is 21.2 Å². The summed E-state index contributed by atoms with van der Waals surface area (Å²) in [4.78, 5) is 26.7. The van der Waals surface area contributed by atoms with Crippen molar-refractivity contribution in [3.8, 4) is 0 Å². The minimum Gasteiger partial charge on any atom is -0.409 e. The molecule has 1 aromatic rings. The Kier molecular flexibility index (Phi) is 4.07. The van der Waals surface area contributed by atoms with Gasteiger partial charge in [0.25, 0.3) is 5.91 Å². The number of carbonyl (C=O) groups is 1. The highest BCUT2D eigenvalue weighted by atomic mass is 16.4. The molecule has 0 bridgehead atoms. The van der Waals surface area contributed by atoms with Crippen LogP contribution in [0.4, 0.5) is 0 Å². The molecule has 1 heterocycles. The van der Waals surface area contributed by atoms with Crippen molar-refractivity contribution in [3.05, 3.63) is 33.7 Å². The molecule has 0 radical (unpaired) electrons. The van der Waals surface area contributed by atoms with Gasteiger partial charge in [0, 0.05) is 29.9 Å². The zero-order valence-electron chi connectivity index (χ0n) is 11.2. The molecule has 1 aromatic heterocycles. The lowest BCUT2D eigenvalue weighted by Gasteiger charge is -2.19. The quantitative estimate of drug-likeness (QED) is 0.275. The number of carbonyl (C=O) groups excluding carboxylic acids is 1. The standard InChI is InChI=1S/C13H18N4O3/c1-7-5-11(18)9(6-15-7)13(19)16-10-4-2-3-8(10)12(14)17-20/h5-6,8,10,20H,2-4H2,1H3,(H2,14,17)(H,15,18)(H,16,19). The summed E-state index contributed by atoms with van der Waals surface area (Å²) in [6.07, 6.45) is 3.79. The fraction of sp³-hybridized carbons (Fsp3) is 0.462. The van der Waals surface area contributed by atoms with Gasteiger partial charge in [0.1, 0.15) is 11.4 Å². The van der Waals surface area contributed by atoms with E-state index in [2.05, 4.69) is 15.5 Å². The van der Waals surface area contributed by atoms with Crippen LogP contribution in [0.5, 0.6) is 0 Å². The van der Waals surface area contributed by atoms with Crippen molar-refractivity contribution in [1.82, 2.24) is 10.3 Å². The van der Waals surface area contributed by atoms with Crippen molar-refractivity contribution < 1.29 is 10.0 Å². The number of oxime groups is 1. The zero-order valence-corrected chi connectivity index (χ0v) is 11.2. The van der Waals surface area contributed by atoms with Crippen molar-refractivity contribution in [2.75, 3.05) is 0 Å². The van der Waals surface area contributed by atoms with Crippen LogP contribution in [0.1, 0.15) is 35.3 Å². The number of amides is 1. The van der Waals surface area contributed by atoms with Crippen molar-refractivity contribution in [2.45, 2.75) is 32.2 Å². The largest absolute Gasteiger partial charge is 0.409 e. The van der Waals surface area contributed by atoms with Crippen LogP contribution in [-0.4, -0.2) is 28.0 Å². The number of hydrogen-bond acceptors (Lipinski definition) is 4. The van der Waals surface area contributed by atoms with E-state index in [4.69, 9.17) is 10.9 Å². The first-order valence-electron chi connectivity index (χ1n) is 6.50. The van der Waals surface area contributed by atoms with Gasteiger partial charge in [0.15, 0.2) is 5.43 Å². The van der Waals surface area contributed by atoms with Crippen LogP contribution in [0.25, 0.3) is 0 Å². The van der Waals surface area contributed by atoms with E-state index in [1.807, 2.05) is 0 Å². The Morgan fingerprint density at radius 2 is 2.30 bits per heavy atom. The van der Waals surface area contributed by atoms with Crippen LogP contribution in [0.15, 0.2) is 22.2 Å². The SMILES string of the molecule is Cc1cc(=O)c(C(=O)NC2CCCC2C(N)=NO)c[nH]1. The topological polar surface area (TPSA) is 121 Å². The highest BCUT2D eigenvalue weighted by Crippen LogP contribution is 2.25. The number of aromatic nitrogens is 1. The number of amidine groups is 1. The Morgan fingerprint density at radius 3 is 2.95 bits per heavy atom. The van der Waals surface area contributed by atoms with Gasteiger partial charge in [-0.1, -0.05) is 11.6 Å². The summed E-state index contributed by atoms with van der Waals surface area (Å²) >= 11 is 0. The molecule has 1 saturated carbocycles. The third-order valence-electron chi connectivity index (χ3n) is 3.63. The van der Waals surface area contributed by atoms with Crippen LogP contribution in [0, 0.1) is 12.8 Å². The van der Waals surface area contributed by atoms with Gasteiger partial charge in [-0.2, -0.15) is 0 Å². The summed E-state index contributed by atoms with van der Waals surface area (Å²) in [5.74, 6) is -0.506. The van der Waals surface area contributed by atoms with E-state index >= 15 is 0 Å². The Morgan fingerprint density at radius 1 is 1.55 bits per heavy atom. The van der Waals surface area contributed by atoms with Gasteiger partial charge in [-0.15, -0.1) is 0 Å². The molecular formula is C13H18N4O3. The first-order valence-corrected chi connectivity index (χ1v) is 6.50. The molecule has 5 N–H and O–H groups in total. The second kappa shape index (κ2) is 5.77. The van der Waals surface area contributed by atoms with Gasteiger partial charge in [0.2, 0.25) is 0 Å². The van der Waals surface area contributed by atoms with Gasteiger partial charge in [-0.3, -0.25) is 9.59 Å². The maximum absolute atomic E-state index is 12.1. The lowest BCUT2D eigenvalue weighted by atomic mass is 10.0. The van der Waals surface area contributed by atoms with E-state index in [-0.39, 0.29) is 28.8 Å². The number of aromatic amines is 1. The van der Waals surface area contributed by atoms with Gasteiger partial charge in [-0.25, -0.2) is 0 Å². The van der Waals surface area contributed by atoms with E-state index in [0.717, 1.165) is 19.3 Å². The first kappa shape index (κ1) is 14.1. The van der Waals surface area contributed by atoms with Crippen LogP contribution in [-0.2, 0) is 0 Å². The Hall–Kier alpha value is -2.31. The van der Waals surface area contributed by atoms with E-state index in [1.54, 1.807) is 6.92 Å². The predicted molar refractivity (Wildman–Crippen MR) is 73.8 cm³/mol. The number of rotatable bonds is 3. The molecule has 0 saturated heterocycles. The van der Waals surface area contributed by atoms with Crippen molar-refractivity contribution >= 4 is 11.7 Å². The summed E-state index contributed by atoms with van der Waals surface area (Å²) < 4.78 is 0. The molecule has 7 nitrogen and oxygen atoms in total. The average molecular weight is 278 g/mol. The molecule has 0 aromatic carbocycles. The van der Waals surface area contributed by atoms with Gasteiger partial charge >= 0.3 is 0 Å². The number of nitrogens with zero attached hydrogens (tertiary/aromatic N) is 1. The molecule has 20 heavy (non-hydrogen) atoms. The third-order valence-corrected chi connectivity index (χ3v) is 3.63. The summed E-state index contributed by atoms with van der Waals surface area (Å²) in [5, 5.41) is 14.5. The van der Waals surface area contributed by atoms with Crippen molar-refractivity contribution in [1.29, 1.82) is 0 Å². The average Bonchev–Trinajstić information content (AvgIpc) is 2.85. The number of pyridine rings is 1. The van der Waals surface area contributed by atoms with Crippen molar-refractivity contribution in [2.24, 2.45) is 16.8 Å². The van der Waals surface area contributed by atoms with E-state index in [1.165, 1.54) is 12.3 Å². The Labute approximate surface area is 115 Å². The second-order valence-corrected chi connectivity index (χ2v) is 5.04. The molecule has 108 valence electrons.